The number of aryl methyl sites for hydroxylation is 1. The predicted octanol–water partition coefficient (Wildman–Crippen LogP) is 0.957. The van der Waals surface area contributed by atoms with E-state index in [4.69, 9.17) is 15.0 Å². The molecule has 2 aromatic rings. The molecular weight excluding hydrogens is 260 g/mol. The number of ether oxygens (including phenoxy) is 1. The lowest BCUT2D eigenvalue weighted by molar-refractivity contribution is -0.118. The number of aromatic nitrogens is 2. The maximum atomic E-state index is 11.9. The molecule has 20 heavy (non-hydrogen) atoms. The number of methoxy groups -OCH3 is 1. The maximum Gasteiger partial charge on any atom is 0.260 e. The van der Waals surface area contributed by atoms with E-state index in [1.54, 1.807) is 25.1 Å². The number of hydrogen-bond acceptors (Lipinski definition) is 6. The summed E-state index contributed by atoms with van der Waals surface area (Å²) in [6, 6.07) is 6.40. The number of nitrogens with one attached hydrogen (secondary N) is 1. The number of carbonyl (C=O) groups is 1. The molecule has 0 aliphatic carbocycles. The second-order valence-corrected chi connectivity index (χ2v) is 4.24. The van der Waals surface area contributed by atoms with Crippen LogP contribution in [0.1, 0.15) is 5.82 Å². The summed E-state index contributed by atoms with van der Waals surface area (Å²) in [4.78, 5) is 16.1. The summed E-state index contributed by atoms with van der Waals surface area (Å²) in [5.74, 6) is 0.534. The Bertz CT molecular complexity index is 597. The average molecular weight is 276 g/mol. The van der Waals surface area contributed by atoms with Crippen molar-refractivity contribution in [2.45, 2.75) is 13.0 Å². The number of anilines is 1. The number of amides is 1. The van der Waals surface area contributed by atoms with Gasteiger partial charge in [0.2, 0.25) is 5.91 Å². The van der Waals surface area contributed by atoms with E-state index in [-0.39, 0.29) is 12.5 Å². The molecule has 0 fully saturated rings. The first-order chi connectivity index (χ1) is 9.61. The Kier molecular flexibility index (Phi) is 4.44. The molecule has 0 radical (unpaired) electrons. The first-order valence-corrected chi connectivity index (χ1v) is 6.07. The molecule has 3 N–H and O–H groups in total. The first kappa shape index (κ1) is 14.2. The largest absolute Gasteiger partial charge is 0.383 e. The Morgan fingerprint density at radius 3 is 2.90 bits per heavy atom. The van der Waals surface area contributed by atoms with Crippen molar-refractivity contribution < 1.29 is 14.1 Å². The number of nitrogens with zero attached hydrogens (tertiary/aromatic N) is 2. The van der Waals surface area contributed by atoms with Gasteiger partial charge in [0.25, 0.3) is 5.89 Å². The van der Waals surface area contributed by atoms with Crippen molar-refractivity contribution in [1.82, 2.24) is 10.1 Å². The molecule has 0 aliphatic heterocycles. The van der Waals surface area contributed by atoms with E-state index < -0.39 is 6.04 Å². The van der Waals surface area contributed by atoms with Crippen LogP contribution in [0.3, 0.4) is 0 Å². The van der Waals surface area contributed by atoms with Crippen molar-refractivity contribution >= 4 is 11.6 Å². The number of carbonyl (C=O) groups excluding carboxylic acids is 1. The molecule has 2 rings (SSSR count). The zero-order chi connectivity index (χ0) is 14.5. The highest BCUT2D eigenvalue weighted by Gasteiger charge is 2.17. The Balaban J connectivity index is 2.22. The van der Waals surface area contributed by atoms with E-state index in [9.17, 15) is 4.79 Å². The third-order valence-corrected chi connectivity index (χ3v) is 2.63. The van der Waals surface area contributed by atoms with Crippen molar-refractivity contribution in [3.8, 4) is 11.5 Å². The van der Waals surface area contributed by atoms with Crippen LogP contribution in [0, 0.1) is 6.92 Å². The van der Waals surface area contributed by atoms with Gasteiger partial charge in [-0.25, -0.2) is 0 Å². The fraction of sp³-hybridized carbons (Fsp3) is 0.308. The van der Waals surface area contributed by atoms with Crippen LogP contribution in [0.15, 0.2) is 28.8 Å². The average Bonchev–Trinajstić information content (AvgIpc) is 2.86. The number of nitrogens with two attached hydrogens (primary N) is 1. The van der Waals surface area contributed by atoms with Crippen molar-refractivity contribution in [2.24, 2.45) is 5.73 Å². The summed E-state index contributed by atoms with van der Waals surface area (Å²) in [5.41, 5.74) is 6.89. The summed E-state index contributed by atoms with van der Waals surface area (Å²) >= 11 is 0. The first-order valence-electron chi connectivity index (χ1n) is 6.07. The highest BCUT2D eigenvalue weighted by Crippen LogP contribution is 2.26. The fourth-order valence-corrected chi connectivity index (χ4v) is 1.67. The van der Waals surface area contributed by atoms with Crippen LogP contribution in [0.4, 0.5) is 5.69 Å². The Morgan fingerprint density at radius 2 is 2.25 bits per heavy atom. The molecule has 0 aliphatic rings. The summed E-state index contributed by atoms with van der Waals surface area (Å²) < 4.78 is 9.97. The molecule has 0 bridgehead atoms. The van der Waals surface area contributed by atoms with Crippen molar-refractivity contribution in [3.63, 3.8) is 0 Å². The predicted molar refractivity (Wildman–Crippen MR) is 73.0 cm³/mol. The van der Waals surface area contributed by atoms with Gasteiger partial charge in [-0.15, -0.1) is 0 Å². The van der Waals surface area contributed by atoms with E-state index in [1.165, 1.54) is 7.11 Å². The molecule has 7 nitrogen and oxygen atoms in total. The molecule has 1 atom stereocenters. The van der Waals surface area contributed by atoms with Gasteiger partial charge in [0.05, 0.1) is 17.9 Å². The normalized spacial score (nSPS) is 12.2. The minimum atomic E-state index is -0.738. The molecule has 0 spiro atoms. The summed E-state index contributed by atoms with van der Waals surface area (Å²) in [6.07, 6.45) is 0. The molecule has 1 aromatic heterocycles. The summed E-state index contributed by atoms with van der Waals surface area (Å²) in [5, 5.41) is 6.47. The van der Waals surface area contributed by atoms with Gasteiger partial charge in [-0.1, -0.05) is 17.3 Å². The number of benzene rings is 1. The lowest BCUT2D eigenvalue weighted by Crippen LogP contribution is -2.39. The van der Waals surface area contributed by atoms with Crippen LogP contribution in [-0.4, -0.2) is 35.8 Å². The van der Waals surface area contributed by atoms with E-state index in [1.807, 2.05) is 6.07 Å². The lowest BCUT2D eigenvalue weighted by Gasteiger charge is -2.12. The van der Waals surface area contributed by atoms with E-state index in [2.05, 4.69) is 15.5 Å². The fourth-order valence-electron chi connectivity index (χ4n) is 1.67. The van der Waals surface area contributed by atoms with Crippen molar-refractivity contribution in [2.75, 3.05) is 19.0 Å². The van der Waals surface area contributed by atoms with Crippen LogP contribution in [0.5, 0.6) is 0 Å². The van der Waals surface area contributed by atoms with Crippen LogP contribution in [-0.2, 0) is 9.53 Å². The van der Waals surface area contributed by atoms with Crippen LogP contribution < -0.4 is 11.1 Å². The number of para-hydroxylation sites is 1. The van der Waals surface area contributed by atoms with Gasteiger partial charge in [-0.2, -0.15) is 4.98 Å². The second kappa shape index (κ2) is 6.27. The van der Waals surface area contributed by atoms with Crippen molar-refractivity contribution in [1.29, 1.82) is 0 Å². The summed E-state index contributed by atoms with van der Waals surface area (Å²) in [7, 11) is 1.49. The smallest absolute Gasteiger partial charge is 0.260 e. The molecule has 106 valence electrons. The van der Waals surface area contributed by atoms with E-state index in [0.717, 1.165) is 0 Å². The Labute approximate surface area is 116 Å². The molecule has 1 unspecified atom stereocenters. The third kappa shape index (κ3) is 3.19. The monoisotopic (exact) mass is 276 g/mol. The molecule has 1 aromatic carbocycles. The lowest BCUT2D eigenvalue weighted by atomic mass is 10.1. The summed E-state index contributed by atoms with van der Waals surface area (Å²) in [6.45, 7) is 1.87. The van der Waals surface area contributed by atoms with Gasteiger partial charge in [-0.3, -0.25) is 4.79 Å². The van der Waals surface area contributed by atoms with Crippen LogP contribution in [0.25, 0.3) is 11.5 Å². The zero-order valence-corrected chi connectivity index (χ0v) is 11.3. The Morgan fingerprint density at radius 1 is 1.50 bits per heavy atom. The zero-order valence-electron chi connectivity index (χ0n) is 11.3. The van der Waals surface area contributed by atoms with Gasteiger partial charge in [0, 0.05) is 7.11 Å². The molecule has 7 heteroatoms. The molecule has 1 heterocycles. The molecule has 0 saturated heterocycles. The van der Waals surface area contributed by atoms with Gasteiger partial charge >= 0.3 is 0 Å². The minimum absolute atomic E-state index is 0.146. The van der Waals surface area contributed by atoms with Gasteiger partial charge < -0.3 is 20.3 Å². The third-order valence-electron chi connectivity index (χ3n) is 2.63. The van der Waals surface area contributed by atoms with E-state index >= 15 is 0 Å². The van der Waals surface area contributed by atoms with E-state index in [0.29, 0.717) is 23.0 Å². The molecule has 0 saturated carbocycles. The van der Waals surface area contributed by atoms with Crippen molar-refractivity contribution in [3.05, 3.63) is 30.1 Å². The highest BCUT2D eigenvalue weighted by atomic mass is 16.5. The maximum absolute atomic E-state index is 11.9. The SMILES string of the molecule is COCC(N)C(=O)Nc1ccccc1-c1nc(C)no1. The topological polar surface area (TPSA) is 103 Å². The van der Waals surface area contributed by atoms with Crippen LogP contribution in [0.2, 0.25) is 0 Å². The van der Waals surface area contributed by atoms with Gasteiger partial charge in [0.15, 0.2) is 5.82 Å². The molecule has 1 amide bonds. The molecular formula is C13H16N4O3. The van der Waals surface area contributed by atoms with Gasteiger partial charge in [0.1, 0.15) is 6.04 Å². The number of hydrogen-bond donors (Lipinski definition) is 2. The van der Waals surface area contributed by atoms with Gasteiger partial charge in [-0.05, 0) is 19.1 Å². The highest BCUT2D eigenvalue weighted by molar-refractivity contribution is 5.97. The minimum Gasteiger partial charge on any atom is -0.383 e. The van der Waals surface area contributed by atoms with Crippen LogP contribution >= 0.6 is 0 Å². The Hall–Kier alpha value is -2.25. The standard InChI is InChI=1S/C13H16N4O3/c1-8-15-13(20-17-8)9-5-3-4-6-11(9)16-12(18)10(14)7-19-2/h3-6,10H,7,14H2,1-2H3,(H,16,18). The quantitative estimate of drug-likeness (QED) is 0.843. The number of rotatable bonds is 5. The second-order valence-electron chi connectivity index (χ2n) is 4.24.